The minimum atomic E-state index is -3.77. The molecule has 1 aromatic rings. The van der Waals surface area contributed by atoms with Gasteiger partial charge in [0.15, 0.2) is 0 Å². The van der Waals surface area contributed by atoms with Gasteiger partial charge in [-0.05, 0) is 43.9 Å². The van der Waals surface area contributed by atoms with E-state index in [0.29, 0.717) is 36.1 Å². The summed E-state index contributed by atoms with van der Waals surface area (Å²) in [6, 6.07) is 4.78. The number of carbonyl (C=O) groups excluding carboxylic acids is 1. The predicted molar refractivity (Wildman–Crippen MR) is 96.2 cm³/mol. The summed E-state index contributed by atoms with van der Waals surface area (Å²) in [5, 5.41) is 2.83. The molecule has 0 saturated carbocycles. The van der Waals surface area contributed by atoms with E-state index in [1.165, 1.54) is 6.07 Å². The van der Waals surface area contributed by atoms with Crippen LogP contribution in [0.4, 0.5) is 5.69 Å². The van der Waals surface area contributed by atoms with Crippen molar-refractivity contribution in [1.29, 1.82) is 0 Å². The molecule has 132 valence electrons. The largest absolute Gasteiger partial charge is 0.352 e. The summed E-state index contributed by atoms with van der Waals surface area (Å²) in [4.78, 5) is 14.2. The molecule has 2 rings (SSSR count). The number of nitrogens with one attached hydrogen (secondary N) is 1. The van der Waals surface area contributed by atoms with Crippen molar-refractivity contribution >= 4 is 27.5 Å². The molecular weight excluding hydrogens is 326 g/mol. The molecule has 1 aliphatic heterocycles. The first-order valence-electron chi connectivity index (χ1n) is 8.27. The molecule has 6 nitrogen and oxygen atoms in total. The van der Waals surface area contributed by atoms with E-state index in [4.69, 9.17) is 0 Å². The quantitative estimate of drug-likeness (QED) is 0.855. The van der Waals surface area contributed by atoms with Gasteiger partial charge in [-0.15, -0.1) is 4.40 Å². The Balaban J connectivity index is 2.32. The van der Waals surface area contributed by atoms with Gasteiger partial charge in [0.05, 0.1) is 5.69 Å². The molecule has 1 amide bonds. The molecule has 0 atom stereocenters. The zero-order valence-electron chi connectivity index (χ0n) is 14.7. The second-order valence-corrected chi connectivity index (χ2v) is 7.96. The minimum absolute atomic E-state index is 0.0954. The van der Waals surface area contributed by atoms with Crippen LogP contribution in [0.5, 0.6) is 0 Å². The molecule has 0 aromatic heterocycles. The second kappa shape index (κ2) is 7.34. The van der Waals surface area contributed by atoms with Gasteiger partial charge in [-0.2, -0.15) is 8.42 Å². The number of amides is 1. The summed E-state index contributed by atoms with van der Waals surface area (Å²) in [6.45, 7) is 9.12. The number of nitrogens with zero attached hydrogens (tertiary/aromatic N) is 2. The Bertz CT molecular complexity index is 754. The fourth-order valence-corrected chi connectivity index (χ4v) is 3.88. The SMILES string of the molecule is CCCN1C(C)=NS(=O)(=O)c2cc(C(=O)NCCC(C)C)ccc21. The Morgan fingerprint density at radius 1 is 1.33 bits per heavy atom. The molecular formula is C17H25N3O3S. The van der Waals surface area contributed by atoms with E-state index >= 15 is 0 Å². The number of carbonyl (C=O) groups is 1. The van der Waals surface area contributed by atoms with Gasteiger partial charge < -0.3 is 10.2 Å². The Kier molecular flexibility index (Phi) is 5.64. The van der Waals surface area contributed by atoms with Crippen LogP contribution in [0.15, 0.2) is 27.5 Å². The summed E-state index contributed by atoms with van der Waals surface area (Å²) >= 11 is 0. The fourth-order valence-electron chi connectivity index (χ4n) is 2.61. The van der Waals surface area contributed by atoms with Crippen LogP contribution in [0.25, 0.3) is 0 Å². The highest BCUT2D eigenvalue weighted by Gasteiger charge is 2.29. The lowest BCUT2D eigenvalue weighted by atomic mass is 10.1. The average molecular weight is 351 g/mol. The van der Waals surface area contributed by atoms with Crippen molar-refractivity contribution in [2.45, 2.75) is 45.4 Å². The van der Waals surface area contributed by atoms with Crippen LogP contribution in [-0.4, -0.2) is 33.3 Å². The lowest BCUT2D eigenvalue weighted by Crippen LogP contribution is -2.35. The molecule has 0 radical (unpaired) electrons. The van der Waals surface area contributed by atoms with Crippen LogP contribution >= 0.6 is 0 Å². The van der Waals surface area contributed by atoms with Gasteiger partial charge in [0.25, 0.3) is 15.9 Å². The molecule has 0 unspecified atom stereocenters. The van der Waals surface area contributed by atoms with Crippen LogP contribution in [0.1, 0.15) is 50.9 Å². The summed E-state index contributed by atoms with van der Waals surface area (Å²) in [5.74, 6) is 0.689. The Labute approximate surface area is 144 Å². The number of rotatable bonds is 6. The molecule has 7 heteroatoms. The van der Waals surface area contributed by atoms with Gasteiger partial charge in [0.2, 0.25) is 0 Å². The van der Waals surface area contributed by atoms with Crippen LogP contribution in [0, 0.1) is 5.92 Å². The van der Waals surface area contributed by atoms with Crippen molar-refractivity contribution in [2.75, 3.05) is 18.0 Å². The van der Waals surface area contributed by atoms with Crippen molar-refractivity contribution in [1.82, 2.24) is 5.32 Å². The standard InChI is InChI=1S/C17H25N3O3S/c1-5-10-20-13(4)19-24(22,23)16-11-14(6-7-15(16)20)17(21)18-9-8-12(2)3/h6-7,11-12H,5,8-10H2,1-4H3,(H,18,21). The summed E-state index contributed by atoms with van der Waals surface area (Å²) in [6.07, 6.45) is 1.74. The van der Waals surface area contributed by atoms with E-state index in [1.54, 1.807) is 19.1 Å². The Hall–Kier alpha value is -1.89. The number of hydrogen-bond donors (Lipinski definition) is 1. The van der Waals surface area contributed by atoms with Crippen LogP contribution in [-0.2, 0) is 10.0 Å². The van der Waals surface area contributed by atoms with Crippen molar-refractivity contribution < 1.29 is 13.2 Å². The number of anilines is 1. The van der Waals surface area contributed by atoms with E-state index in [0.717, 1.165) is 12.8 Å². The van der Waals surface area contributed by atoms with Gasteiger partial charge in [0.1, 0.15) is 10.7 Å². The molecule has 0 fully saturated rings. The second-order valence-electron chi connectivity index (χ2n) is 6.39. The molecule has 1 N–H and O–H groups in total. The maximum atomic E-state index is 12.4. The monoisotopic (exact) mass is 351 g/mol. The first-order chi connectivity index (χ1) is 11.3. The van der Waals surface area contributed by atoms with E-state index in [1.807, 2.05) is 11.8 Å². The van der Waals surface area contributed by atoms with E-state index < -0.39 is 10.0 Å². The van der Waals surface area contributed by atoms with Gasteiger partial charge in [-0.3, -0.25) is 4.79 Å². The summed E-state index contributed by atoms with van der Waals surface area (Å²) < 4.78 is 28.6. The molecule has 24 heavy (non-hydrogen) atoms. The number of hydrogen-bond acceptors (Lipinski definition) is 4. The van der Waals surface area contributed by atoms with Gasteiger partial charge >= 0.3 is 0 Å². The van der Waals surface area contributed by atoms with E-state index in [-0.39, 0.29) is 10.8 Å². The molecule has 1 aliphatic rings. The zero-order chi connectivity index (χ0) is 17.9. The predicted octanol–water partition coefficient (Wildman–Crippen LogP) is 2.80. The lowest BCUT2D eigenvalue weighted by molar-refractivity contribution is 0.0952. The van der Waals surface area contributed by atoms with Crippen molar-refractivity contribution in [3.63, 3.8) is 0 Å². The molecule has 0 aliphatic carbocycles. The normalized spacial score (nSPS) is 15.9. The van der Waals surface area contributed by atoms with Gasteiger partial charge in [0, 0.05) is 18.7 Å². The number of benzene rings is 1. The maximum absolute atomic E-state index is 12.4. The molecule has 0 spiro atoms. The molecule has 1 heterocycles. The van der Waals surface area contributed by atoms with E-state index in [9.17, 15) is 13.2 Å². The fraction of sp³-hybridized carbons (Fsp3) is 0.529. The molecule has 1 aromatic carbocycles. The van der Waals surface area contributed by atoms with Crippen molar-refractivity contribution in [3.05, 3.63) is 23.8 Å². The third kappa shape index (κ3) is 3.95. The Morgan fingerprint density at radius 3 is 2.67 bits per heavy atom. The van der Waals surface area contributed by atoms with Crippen molar-refractivity contribution in [2.24, 2.45) is 10.3 Å². The van der Waals surface area contributed by atoms with Crippen molar-refractivity contribution in [3.8, 4) is 0 Å². The van der Waals surface area contributed by atoms with Crippen LogP contribution < -0.4 is 10.2 Å². The number of fused-ring (bicyclic) bond motifs is 1. The van der Waals surface area contributed by atoms with Crippen LogP contribution in [0.2, 0.25) is 0 Å². The molecule has 0 bridgehead atoms. The smallest absolute Gasteiger partial charge is 0.286 e. The first kappa shape index (κ1) is 18.4. The summed E-state index contributed by atoms with van der Waals surface area (Å²) in [7, 11) is -3.77. The minimum Gasteiger partial charge on any atom is -0.352 e. The number of amidine groups is 1. The number of sulfonamides is 1. The van der Waals surface area contributed by atoms with Gasteiger partial charge in [-0.1, -0.05) is 20.8 Å². The highest BCUT2D eigenvalue weighted by molar-refractivity contribution is 7.90. The Morgan fingerprint density at radius 2 is 2.04 bits per heavy atom. The third-order valence-electron chi connectivity index (χ3n) is 3.89. The van der Waals surface area contributed by atoms with E-state index in [2.05, 4.69) is 23.6 Å². The average Bonchev–Trinajstić information content (AvgIpc) is 2.50. The zero-order valence-corrected chi connectivity index (χ0v) is 15.5. The van der Waals surface area contributed by atoms with Crippen LogP contribution in [0.3, 0.4) is 0 Å². The molecule has 0 saturated heterocycles. The summed E-state index contributed by atoms with van der Waals surface area (Å²) in [5.41, 5.74) is 0.926. The first-order valence-corrected chi connectivity index (χ1v) is 9.71. The maximum Gasteiger partial charge on any atom is 0.286 e. The topological polar surface area (TPSA) is 78.8 Å². The third-order valence-corrected chi connectivity index (χ3v) is 5.28. The lowest BCUT2D eigenvalue weighted by Gasteiger charge is -2.29. The highest BCUT2D eigenvalue weighted by atomic mass is 32.2. The highest BCUT2D eigenvalue weighted by Crippen LogP contribution is 2.32. The van der Waals surface area contributed by atoms with Gasteiger partial charge in [-0.25, -0.2) is 0 Å².